The third-order valence-electron chi connectivity index (χ3n) is 4.98. The molecule has 0 atom stereocenters. The molecule has 0 amide bonds. The Hall–Kier alpha value is -2.15. The average molecular weight is 546 g/mol. The number of rotatable bonds is 5. The van der Waals surface area contributed by atoms with E-state index in [-0.39, 0.29) is 0 Å². The molecule has 4 nitrogen and oxygen atoms in total. The van der Waals surface area contributed by atoms with Gasteiger partial charge < -0.3 is 9.30 Å². The Labute approximate surface area is 195 Å². The van der Waals surface area contributed by atoms with Crippen LogP contribution in [-0.4, -0.2) is 21.1 Å². The van der Waals surface area contributed by atoms with Crippen LogP contribution in [0.1, 0.15) is 6.42 Å². The Morgan fingerprint density at radius 2 is 1.67 bits per heavy atom. The number of nitrogens with zero attached hydrogens (tertiary/aromatic N) is 3. The fraction of sp³-hybridized carbons (Fsp3) is 0.130. The molecule has 0 saturated carbocycles. The highest BCUT2D eigenvalue weighted by molar-refractivity contribution is 9.11. The van der Waals surface area contributed by atoms with Crippen molar-refractivity contribution < 1.29 is 4.74 Å². The van der Waals surface area contributed by atoms with E-state index in [4.69, 9.17) is 26.3 Å². The first-order valence-corrected chi connectivity index (χ1v) is 11.5. The van der Waals surface area contributed by atoms with Crippen LogP contribution in [0.2, 0.25) is 5.02 Å². The van der Waals surface area contributed by atoms with Gasteiger partial charge in [-0.1, -0.05) is 51.8 Å². The summed E-state index contributed by atoms with van der Waals surface area (Å²) in [7, 11) is 0. The van der Waals surface area contributed by atoms with Gasteiger partial charge in [-0.2, -0.15) is 0 Å². The van der Waals surface area contributed by atoms with Gasteiger partial charge in [0.25, 0.3) is 0 Å². The monoisotopic (exact) mass is 543 g/mol. The zero-order chi connectivity index (χ0) is 20.7. The summed E-state index contributed by atoms with van der Waals surface area (Å²) in [5.74, 6) is 0.706. The number of aryl methyl sites for hydroxylation is 1. The molecule has 0 spiro atoms. The van der Waals surface area contributed by atoms with Crippen molar-refractivity contribution in [3.8, 4) is 5.75 Å². The zero-order valence-corrected chi connectivity index (χ0v) is 19.7. The van der Waals surface area contributed by atoms with E-state index >= 15 is 0 Å². The highest BCUT2D eigenvalue weighted by atomic mass is 79.9. The standard InChI is InChI=1S/C23H16Br2ClN3O/c24-14-12-15-21-23(28-19-8-3-2-7-18(19)27-21)29(22(15)16(25)13-14)10-5-11-30-20-9-4-1-6-17(20)26/h1-4,6-9,12-13H,5,10-11H2. The van der Waals surface area contributed by atoms with Gasteiger partial charge in [0.05, 0.1) is 28.2 Å². The molecule has 0 saturated heterocycles. The van der Waals surface area contributed by atoms with Crippen molar-refractivity contribution in [2.45, 2.75) is 13.0 Å². The van der Waals surface area contributed by atoms with Crippen molar-refractivity contribution in [1.29, 1.82) is 0 Å². The van der Waals surface area contributed by atoms with Crippen molar-refractivity contribution in [2.24, 2.45) is 0 Å². The highest BCUT2D eigenvalue weighted by Crippen LogP contribution is 2.35. The summed E-state index contributed by atoms with van der Waals surface area (Å²) in [6, 6.07) is 19.6. The first-order chi connectivity index (χ1) is 14.6. The van der Waals surface area contributed by atoms with Crippen LogP contribution in [0.5, 0.6) is 5.75 Å². The van der Waals surface area contributed by atoms with Crippen LogP contribution in [0.15, 0.2) is 69.6 Å². The Morgan fingerprint density at radius 3 is 2.47 bits per heavy atom. The van der Waals surface area contributed by atoms with Gasteiger partial charge in [0.1, 0.15) is 11.3 Å². The van der Waals surface area contributed by atoms with Gasteiger partial charge in [-0.3, -0.25) is 0 Å². The number of ether oxygens (including phenoxy) is 1. The minimum atomic E-state index is 0.556. The van der Waals surface area contributed by atoms with Crippen LogP contribution in [0.25, 0.3) is 33.1 Å². The number of hydrogen-bond donors (Lipinski definition) is 0. The van der Waals surface area contributed by atoms with Crippen LogP contribution >= 0.6 is 43.5 Å². The van der Waals surface area contributed by atoms with E-state index in [2.05, 4.69) is 48.6 Å². The molecule has 0 aliphatic heterocycles. The second-order valence-electron chi connectivity index (χ2n) is 6.95. The molecule has 5 rings (SSSR count). The molecule has 150 valence electrons. The normalized spacial score (nSPS) is 11.6. The first-order valence-electron chi connectivity index (χ1n) is 9.53. The van der Waals surface area contributed by atoms with E-state index in [0.717, 1.165) is 55.0 Å². The second-order valence-corrected chi connectivity index (χ2v) is 9.13. The van der Waals surface area contributed by atoms with E-state index in [0.29, 0.717) is 17.4 Å². The molecule has 0 aliphatic carbocycles. The average Bonchev–Trinajstić information content (AvgIpc) is 3.03. The molecule has 0 unspecified atom stereocenters. The Bertz CT molecular complexity index is 1400. The molecule has 0 radical (unpaired) electrons. The van der Waals surface area contributed by atoms with Gasteiger partial charge in [-0.15, -0.1) is 0 Å². The maximum atomic E-state index is 6.19. The summed E-state index contributed by atoms with van der Waals surface area (Å²) in [6.07, 6.45) is 0.807. The van der Waals surface area contributed by atoms with Gasteiger partial charge in [0.15, 0.2) is 5.65 Å². The third-order valence-corrected chi connectivity index (χ3v) is 6.36. The summed E-state index contributed by atoms with van der Waals surface area (Å²) >= 11 is 13.5. The molecule has 30 heavy (non-hydrogen) atoms. The molecular weight excluding hydrogens is 530 g/mol. The molecule has 2 aromatic heterocycles. The van der Waals surface area contributed by atoms with E-state index in [1.54, 1.807) is 0 Å². The molecular formula is C23H16Br2ClN3O. The number of hydrogen-bond acceptors (Lipinski definition) is 3. The molecule has 0 aliphatic rings. The quantitative estimate of drug-likeness (QED) is 0.216. The fourth-order valence-corrected chi connectivity index (χ4v) is 5.30. The topological polar surface area (TPSA) is 39.9 Å². The summed E-state index contributed by atoms with van der Waals surface area (Å²) in [4.78, 5) is 9.86. The molecule has 0 N–H and O–H groups in total. The number of aromatic nitrogens is 3. The van der Waals surface area contributed by atoms with E-state index in [1.807, 2.05) is 48.5 Å². The fourth-order valence-electron chi connectivity index (χ4n) is 3.67. The molecule has 0 bridgehead atoms. The van der Waals surface area contributed by atoms with E-state index < -0.39 is 0 Å². The Morgan fingerprint density at radius 1 is 0.933 bits per heavy atom. The lowest BCUT2D eigenvalue weighted by atomic mass is 10.2. The third kappa shape index (κ3) is 3.57. The lowest BCUT2D eigenvalue weighted by molar-refractivity contribution is 0.303. The van der Waals surface area contributed by atoms with Gasteiger partial charge in [-0.05, 0) is 58.7 Å². The zero-order valence-electron chi connectivity index (χ0n) is 15.8. The molecule has 7 heteroatoms. The van der Waals surface area contributed by atoms with Gasteiger partial charge in [0, 0.05) is 20.9 Å². The summed E-state index contributed by atoms with van der Waals surface area (Å²) in [6.45, 7) is 1.30. The Kier molecular flexibility index (Phi) is 5.39. The SMILES string of the molecule is Clc1ccccc1OCCCn1c2nc3ccccc3nc2c2cc(Br)cc(Br)c21. The van der Waals surface area contributed by atoms with Crippen molar-refractivity contribution >= 4 is 76.6 Å². The van der Waals surface area contributed by atoms with E-state index in [9.17, 15) is 0 Å². The molecule has 2 heterocycles. The van der Waals surface area contributed by atoms with Crippen molar-refractivity contribution in [3.05, 3.63) is 74.6 Å². The molecule has 5 aromatic rings. The minimum Gasteiger partial charge on any atom is -0.492 e. The van der Waals surface area contributed by atoms with Crippen molar-refractivity contribution in [3.63, 3.8) is 0 Å². The summed E-state index contributed by atoms with van der Waals surface area (Å²) in [5.41, 5.74) is 4.64. The number of para-hydroxylation sites is 3. The smallest absolute Gasteiger partial charge is 0.160 e. The van der Waals surface area contributed by atoms with Crippen LogP contribution in [-0.2, 0) is 6.54 Å². The van der Waals surface area contributed by atoms with Gasteiger partial charge in [0.2, 0.25) is 0 Å². The van der Waals surface area contributed by atoms with Crippen molar-refractivity contribution in [1.82, 2.24) is 14.5 Å². The summed E-state index contributed by atoms with van der Waals surface area (Å²) < 4.78 is 10.1. The minimum absolute atomic E-state index is 0.556. The van der Waals surface area contributed by atoms with Gasteiger partial charge in [-0.25, -0.2) is 9.97 Å². The highest BCUT2D eigenvalue weighted by Gasteiger charge is 2.17. The summed E-state index contributed by atoms with van der Waals surface area (Å²) in [5, 5.41) is 1.69. The van der Waals surface area contributed by atoms with Crippen molar-refractivity contribution in [2.75, 3.05) is 6.61 Å². The Balaban J connectivity index is 1.55. The first kappa shape index (κ1) is 19.8. The van der Waals surface area contributed by atoms with Crippen LogP contribution in [0.3, 0.4) is 0 Å². The lowest BCUT2D eigenvalue weighted by Crippen LogP contribution is -2.06. The maximum Gasteiger partial charge on any atom is 0.160 e. The predicted molar refractivity (Wildman–Crippen MR) is 130 cm³/mol. The number of fused-ring (bicyclic) bond motifs is 4. The van der Waals surface area contributed by atoms with Crippen LogP contribution < -0.4 is 4.74 Å². The van der Waals surface area contributed by atoms with Crippen LogP contribution in [0, 0.1) is 0 Å². The maximum absolute atomic E-state index is 6.19. The molecule has 3 aromatic carbocycles. The largest absolute Gasteiger partial charge is 0.492 e. The van der Waals surface area contributed by atoms with E-state index in [1.165, 1.54) is 0 Å². The van der Waals surface area contributed by atoms with Crippen LogP contribution in [0.4, 0.5) is 0 Å². The predicted octanol–water partition coefficient (Wildman–Crippen LogP) is 7.39. The number of halogens is 3. The van der Waals surface area contributed by atoms with Gasteiger partial charge >= 0.3 is 0 Å². The second kappa shape index (κ2) is 8.17. The number of benzene rings is 3. The lowest BCUT2D eigenvalue weighted by Gasteiger charge is -2.10. The molecule has 0 fully saturated rings.